The van der Waals surface area contributed by atoms with Crippen LogP contribution in [0, 0.1) is 19.3 Å². The van der Waals surface area contributed by atoms with Crippen molar-refractivity contribution in [3.05, 3.63) is 29.3 Å². The van der Waals surface area contributed by atoms with Gasteiger partial charge in [0, 0.05) is 24.7 Å². The smallest absolute Gasteiger partial charge is 0.0504 e. The largest absolute Gasteiger partial charge is 0.396 e. The summed E-state index contributed by atoms with van der Waals surface area (Å²) in [7, 11) is 2.11. The maximum atomic E-state index is 9.32. The van der Waals surface area contributed by atoms with Crippen molar-refractivity contribution in [2.75, 3.05) is 25.1 Å². The second-order valence-corrected chi connectivity index (χ2v) is 5.28. The number of hydrogen-bond acceptors (Lipinski definition) is 2. The summed E-state index contributed by atoms with van der Waals surface area (Å²) >= 11 is 0. The lowest BCUT2D eigenvalue weighted by molar-refractivity contribution is 0.215. The lowest BCUT2D eigenvalue weighted by atomic mass is 10.1. The van der Waals surface area contributed by atoms with Crippen LogP contribution in [0.25, 0.3) is 0 Å². The molecule has 0 unspecified atom stereocenters. The topological polar surface area (TPSA) is 23.5 Å². The van der Waals surface area contributed by atoms with Crippen LogP contribution in [0.2, 0.25) is 0 Å². The van der Waals surface area contributed by atoms with E-state index < -0.39 is 0 Å². The number of nitrogens with zero attached hydrogens (tertiary/aromatic N) is 1. The number of hydrogen-bond donors (Lipinski definition) is 1. The molecular formula is C14H21NO. The number of aliphatic hydroxyl groups excluding tert-OH is 1. The van der Waals surface area contributed by atoms with Gasteiger partial charge in [0.1, 0.15) is 0 Å². The van der Waals surface area contributed by atoms with Gasteiger partial charge in [0.15, 0.2) is 0 Å². The van der Waals surface area contributed by atoms with Crippen LogP contribution in [0.4, 0.5) is 5.69 Å². The molecule has 0 aliphatic heterocycles. The van der Waals surface area contributed by atoms with Crippen LogP contribution < -0.4 is 4.90 Å². The van der Waals surface area contributed by atoms with Crippen molar-refractivity contribution in [2.24, 2.45) is 5.41 Å². The number of rotatable bonds is 4. The van der Waals surface area contributed by atoms with Gasteiger partial charge >= 0.3 is 0 Å². The van der Waals surface area contributed by atoms with E-state index in [0.717, 1.165) is 6.54 Å². The first-order valence-corrected chi connectivity index (χ1v) is 5.96. The highest BCUT2D eigenvalue weighted by atomic mass is 16.3. The third kappa shape index (κ3) is 2.22. The molecule has 1 saturated carbocycles. The summed E-state index contributed by atoms with van der Waals surface area (Å²) < 4.78 is 0. The van der Waals surface area contributed by atoms with Gasteiger partial charge in [-0.2, -0.15) is 0 Å². The zero-order valence-corrected chi connectivity index (χ0v) is 10.5. The highest BCUT2D eigenvalue weighted by Gasteiger charge is 2.42. The number of aliphatic hydroxyl groups is 1. The lowest BCUT2D eigenvalue weighted by Gasteiger charge is -2.25. The van der Waals surface area contributed by atoms with Crippen LogP contribution >= 0.6 is 0 Å². The van der Waals surface area contributed by atoms with E-state index >= 15 is 0 Å². The Kier molecular flexibility index (Phi) is 2.94. The van der Waals surface area contributed by atoms with Gasteiger partial charge in [-0.3, -0.25) is 0 Å². The van der Waals surface area contributed by atoms with Crippen LogP contribution in [0.15, 0.2) is 18.2 Å². The van der Waals surface area contributed by atoms with Gasteiger partial charge in [0.2, 0.25) is 0 Å². The number of aryl methyl sites for hydroxylation is 2. The second kappa shape index (κ2) is 4.10. The quantitative estimate of drug-likeness (QED) is 0.841. The van der Waals surface area contributed by atoms with E-state index in [1.165, 1.54) is 29.7 Å². The summed E-state index contributed by atoms with van der Waals surface area (Å²) in [6, 6.07) is 6.55. The minimum absolute atomic E-state index is 0.188. The van der Waals surface area contributed by atoms with E-state index in [4.69, 9.17) is 0 Å². The molecule has 1 aromatic carbocycles. The van der Waals surface area contributed by atoms with Gasteiger partial charge in [0.05, 0.1) is 6.61 Å². The zero-order valence-electron chi connectivity index (χ0n) is 10.5. The second-order valence-electron chi connectivity index (χ2n) is 5.28. The Morgan fingerprint density at radius 3 is 2.44 bits per heavy atom. The molecule has 0 amide bonds. The van der Waals surface area contributed by atoms with Gasteiger partial charge in [-0.05, 0) is 49.9 Å². The Morgan fingerprint density at radius 2 is 1.94 bits per heavy atom. The van der Waals surface area contributed by atoms with Crippen LogP contribution in [-0.2, 0) is 0 Å². The fourth-order valence-corrected chi connectivity index (χ4v) is 2.10. The molecule has 16 heavy (non-hydrogen) atoms. The van der Waals surface area contributed by atoms with Gasteiger partial charge in [0.25, 0.3) is 0 Å². The van der Waals surface area contributed by atoms with Gasteiger partial charge in [-0.25, -0.2) is 0 Å². The Balaban J connectivity index is 2.09. The van der Waals surface area contributed by atoms with Crippen molar-refractivity contribution >= 4 is 5.69 Å². The Bertz CT molecular complexity index is 382. The van der Waals surface area contributed by atoms with E-state index in [1.807, 2.05) is 0 Å². The van der Waals surface area contributed by atoms with Crippen LogP contribution in [-0.4, -0.2) is 25.3 Å². The summed E-state index contributed by atoms with van der Waals surface area (Å²) in [4.78, 5) is 2.26. The molecule has 1 N–H and O–H groups in total. The first-order valence-electron chi connectivity index (χ1n) is 5.96. The third-order valence-corrected chi connectivity index (χ3v) is 3.80. The molecule has 0 atom stereocenters. The summed E-state index contributed by atoms with van der Waals surface area (Å²) in [6.45, 7) is 5.56. The third-order valence-electron chi connectivity index (χ3n) is 3.80. The average molecular weight is 219 g/mol. The van der Waals surface area contributed by atoms with Crippen molar-refractivity contribution < 1.29 is 5.11 Å². The summed E-state index contributed by atoms with van der Waals surface area (Å²) in [5.41, 5.74) is 4.11. The van der Waals surface area contributed by atoms with Crippen molar-refractivity contribution in [2.45, 2.75) is 26.7 Å². The molecule has 0 bridgehead atoms. The van der Waals surface area contributed by atoms with Gasteiger partial charge in [-0.15, -0.1) is 0 Å². The lowest BCUT2D eigenvalue weighted by Crippen LogP contribution is -2.28. The fraction of sp³-hybridized carbons (Fsp3) is 0.571. The zero-order chi connectivity index (χ0) is 11.8. The molecule has 1 fully saturated rings. The predicted molar refractivity (Wildman–Crippen MR) is 67.9 cm³/mol. The van der Waals surface area contributed by atoms with Gasteiger partial charge in [-0.1, -0.05) is 6.07 Å². The Hall–Kier alpha value is -1.02. The first-order chi connectivity index (χ1) is 7.56. The van der Waals surface area contributed by atoms with Crippen LogP contribution in [0.3, 0.4) is 0 Å². The van der Waals surface area contributed by atoms with Crippen molar-refractivity contribution in [3.63, 3.8) is 0 Å². The minimum atomic E-state index is 0.188. The maximum Gasteiger partial charge on any atom is 0.0504 e. The molecule has 0 heterocycles. The van der Waals surface area contributed by atoms with Crippen LogP contribution in [0.1, 0.15) is 24.0 Å². The average Bonchev–Trinajstić information content (AvgIpc) is 3.02. The predicted octanol–water partition coefficient (Wildman–Crippen LogP) is 2.51. The molecule has 1 aliphatic carbocycles. The van der Waals surface area contributed by atoms with Crippen molar-refractivity contribution in [1.29, 1.82) is 0 Å². The summed E-state index contributed by atoms with van der Waals surface area (Å²) in [5, 5.41) is 9.32. The van der Waals surface area contributed by atoms with E-state index in [1.54, 1.807) is 0 Å². The fourth-order valence-electron chi connectivity index (χ4n) is 2.10. The maximum absolute atomic E-state index is 9.32. The standard InChI is InChI=1S/C14H21NO/c1-11-4-5-13(8-12(11)2)15(3)9-14(10-16)6-7-14/h4-5,8,16H,6-7,9-10H2,1-3H3. The van der Waals surface area contributed by atoms with E-state index in [-0.39, 0.29) is 5.41 Å². The van der Waals surface area contributed by atoms with Gasteiger partial charge < -0.3 is 10.0 Å². The summed E-state index contributed by atoms with van der Waals surface area (Å²) in [5.74, 6) is 0. The number of benzene rings is 1. The molecular weight excluding hydrogens is 198 g/mol. The molecule has 2 rings (SSSR count). The first kappa shape index (κ1) is 11.5. The number of anilines is 1. The molecule has 0 spiro atoms. The normalized spacial score (nSPS) is 17.2. The Morgan fingerprint density at radius 1 is 1.25 bits per heavy atom. The minimum Gasteiger partial charge on any atom is -0.396 e. The SMILES string of the molecule is Cc1ccc(N(C)CC2(CO)CC2)cc1C. The molecule has 0 saturated heterocycles. The Labute approximate surface area is 97.9 Å². The highest BCUT2D eigenvalue weighted by Crippen LogP contribution is 2.45. The van der Waals surface area contributed by atoms with E-state index in [9.17, 15) is 5.11 Å². The van der Waals surface area contributed by atoms with Crippen molar-refractivity contribution in [3.8, 4) is 0 Å². The molecule has 1 aromatic rings. The molecule has 2 heteroatoms. The van der Waals surface area contributed by atoms with E-state index in [0.29, 0.717) is 6.61 Å². The molecule has 0 aromatic heterocycles. The molecule has 2 nitrogen and oxygen atoms in total. The monoisotopic (exact) mass is 219 g/mol. The summed E-state index contributed by atoms with van der Waals surface area (Å²) in [6.07, 6.45) is 2.33. The van der Waals surface area contributed by atoms with E-state index in [2.05, 4.69) is 44.0 Å². The molecule has 88 valence electrons. The van der Waals surface area contributed by atoms with Crippen molar-refractivity contribution in [1.82, 2.24) is 0 Å². The molecule has 1 aliphatic rings. The molecule has 0 radical (unpaired) electrons. The highest BCUT2D eigenvalue weighted by molar-refractivity contribution is 5.50. The van der Waals surface area contributed by atoms with Crippen LogP contribution in [0.5, 0.6) is 0 Å².